The van der Waals surface area contributed by atoms with Crippen molar-refractivity contribution in [1.29, 1.82) is 0 Å². The fraction of sp³-hybridized carbons (Fsp3) is 0.854. The lowest BCUT2D eigenvalue weighted by molar-refractivity contribution is -0.488. The Kier molecular flexibility index (Phi) is 29.8. The molecule has 1 aliphatic rings. The highest BCUT2D eigenvalue weighted by Gasteiger charge is 2.25. The largest absolute Gasteiger partial charge is 0.353 e. The molecule has 0 fully saturated rings. The Balaban J connectivity index is 2.09. The smallest absolute Gasteiger partial charge is 0.251 e. The number of amides is 1. The summed E-state index contributed by atoms with van der Waals surface area (Å²) < 4.78 is 2.34. The number of hydrogen-bond donors (Lipinski definition) is 2. The molecule has 2 N–H and O–H groups in total. The molecule has 0 aliphatic carbocycles. The first-order valence-corrected chi connectivity index (χ1v) is 20.1. The van der Waals surface area contributed by atoms with Crippen molar-refractivity contribution in [2.24, 2.45) is 5.92 Å². The van der Waals surface area contributed by atoms with Gasteiger partial charge in [0, 0.05) is 6.54 Å². The van der Waals surface area contributed by atoms with Crippen LogP contribution in [0.4, 0.5) is 0 Å². The third kappa shape index (κ3) is 26.2. The quantitative estimate of drug-likeness (QED) is 0.0329. The molecule has 1 amide bonds. The van der Waals surface area contributed by atoms with Gasteiger partial charge in [-0.25, -0.2) is 0 Å². The van der Waals surface area contributed by atoms with Crippen LogP contribution in [0.15, 0.2) is 24.3 Å². The van der Waals surface area contributed by atoms with E-state index in [2.05, 4.69) is 54.3 Å². The maximum absolute atomic E-state index is 12.4. The molecule has 0 aromatic rings. The molecule has 262 valence electrons. The van der Waals surface area contributed by atoms with Gasteiger partial charge in [0.1, 0.15) is 13.1 Å². The summed E-state index contributed by atoms with van der Waals surface area (Å²) in [4.78, 5) is 12.4. The van der Waals surface area contributed by atoms with Gasteiger partial charge >= 0.3 is 0 Å². The lowest BCUT2D eigenvalue weighted by Gasteiger charge is -2.11. The van der Waals surface area contributed by atoms with Crippen LogP contribution in [0.3, 0.4) is 0 Å². The number of carbonyl (C=O) groups excluding carboxylic acids is 1. The van der Waals surface area contributed by atoms with Crippen molar-refractivity contribution >= 4 is 11.7 Å². The van der Waals surface area contributed by atoms with Crippen molar-refractivity contribution in [1.82, 2.24) is 10.6 Å². The first-order valence-electron chi connectivity index (χ1n) is 20.1. The Bertz CT molecular complexity index is 756. The maximum Gasteiger partial charge on any atom is 0.251 e. The Morgan fingerprint density at radius 3 is 1.51 bits per heavy atom. The van der Waals surface area contributed by atoms with Gasteiger partial charge in [-0.3, -0.25) is 14.7 Å². The number of amidine groups is 1. The summed E-state index contributed by atoms with van der Waals surface area (Å²) in [6, 6.07) is 0. The standard InChI is InChI=1S/C41H77N3O/c1-4-6-8-10-12-14-16-18-20-22-24-26-28-30-32-34-40(45)42-36-35-39(41-43-37-38-44(41)3)33-31-29-27-25-23-21-19-17-15-13-11-9-7-5-2/h31-34,39H,4-30,35-38H2,1-3H3,(H,42,45)/p+1. The van der Waals surface area contributed by atoms with Gasteiger partial charge in [-0.05, 0) is 38.2 Å². The van der Waals surface area contributed by atoms with Gasteiger partial charge < -0.3 is 5.32 Å². The van der Waals surface area contributed by atoms with Gasteiger partial charge in [0.25, 0.3) is 5.84 Å². The highest BCUT2D eigenvalue weighted by atomic mass is 16.1. The van der Waals surface area contributed by atoms with Crippen LogP contribution in [-0.2, 0) is 4.79 Å². The van der Waals surface area contributed by atoms with E-state index in [1.54, 1.807) is 6.08 Å². The molecule has 1 atom stereocenters. The molecule has 1 rings (SSSR count). The van der Waals surface area contributed by atoms with Crippen LogP contribution in [-0.4, -0.2) is 43.0 Å². The summed E-state index contributed by atoms with van der Waals surface area (Å²) >= 11 is 0. The normalized spacial score (nSPS) is 14.2. The fourth-order valence-electron chi connectivity index (χ4n) is 6.59. The van der Waals surface area contributed by atoms with Crippen molar-refractivity contribution in [3.05, 3.63) is 24.3 Å². The van der Waals surface area contributed by atoms with Crippen molar-refractivity contribution in [2.75, 3.05) is 26.7 Å². The molecule has 0 bridgehead atoms. The second kappa shape index (κ2) is 32.4. The molecule has 4 heteroatoms. The molecule has 0 saturated heterocycles. The van der Waals surface area contributed by atoms with Gasteiger partial charge in [0.15, 0.2) is 0 Å². The highest BCUT2D eigenvalue weighted by molar-refractivity contribution is 5.87. The second-order valence-corrected chi connectivity index (χ2v) is 14.0. The van der Waals surface area contributed by atoms with Gasteiger partial charge in [0.05, 0.1) is 13.0 Å². The summed E-state index contributed by atoms with van der Waals surface area (Å²) in [6.45, 7) is 7.38. The summed E-state index contributed by atoms with van der Waals surface area (Å²) in [5, 5.41) is 6.73. The third-order valence-electron chi connectivity index (χ3n) is 9.61. The number of unbranched alkanes of at least 4 members (excludes halogenated alkanes) is 25. The first kappa shape index (κ1) is 41.4. The second-order valence-electron chi connectivity index (χ2n) is 14.0. The van der Waals surface area contributed by atoms with Gasteiger partial charge in [-0.15, -0.1) is 0 Å². The number of nitrogens with zero attached hydrogens (tertiary/aromatic N) is 1. The van der Waals surface area contributed by atoms with E-state index in [0.29, 0.717) is 12.5 Å². The van der Waals surface area contributed by atoms with Crippen molar-refractivity contribution in [3.63, 3.8) is 0 Å². The van der Waals surface area contributed by atoms with E-state index in [1.165, 1.54) is 173 Å². The zero-order valence-corrected chi connectivity index (χ0v) is 30.7. The summed E-state index contributed by atoms with van der Waals surface area (Å²) in [7, 11) is 2.18. The van der Waals surface area contributed by atoms with Crippen LogP contribution in [0.2, 0.25) is 0 Å². The molecule has 0 aromatic heterocycles. The van der Waals surface area contributed by atoms with Crippen LogP contribution in [0.5, 0.6) is 0 Å². The minimum Gasteiger partial charge on any atom is -0.353 e. The van der Waals surface area contributed by atoms with Crippen molar-refractivity contribution < 1.29 is 9.37 Å². The zero-order valence-electron chi connectivity index (χ0n) is 30.7. The average molecular weight is 629 g/mol. The minimum absolute atomic E-state index is 0.0571. The Hall–Kier alpha value is -1.58. The van der Waals surface area contributed by atoms with E-state index in [1.807, 2.05) is 0 Å². The molecule has 1 aliphatic heterocycles. The highest BCUT2D eigenvalue weighted by Crippen LogP contribution is 2.15. The van der Waals surface area contributed by atoms with E-state index >= 15 is 0 Å². The molecule has 4 nitrogen and oxygen atoms in total. The number of rotatable bonds is 33. The summed E-state index contributed by atoms with van der Waals surface area (Å²) in [5.41, 5.74) is 0. The van der Waals surface area contributed by atoms with E-state index < -0.39 is 0 Å². The molecule has 0 radical (unpaired) electrons. The molecule has 45 heavy (non-hydrogen) atoms. The van der Waals surface area contributed by atoms with Crippen LogP contribution in [0, 0.1) is 5.92 Å². The third-order valence-corrected chi connectivity index (χ3v) is 9.61. The number of hydrogen-bond acceptors (Lipinski definition) is 2. The predicted molar refractivity (Wildman–Crippen MR) is 199 cm³/mol. The predicted octanol–water partition coefficient (Wildman–Crippen LogP) is 11.4. The SMILES string of the molecule is CCCCCCCCCCCCCCC=CC(CCNC(=O)C=CCCCCCCCCCCCCCCC)C1=[N+](C)CCN1. The molecular weight excluding hydrogens is 550 g/mol. The lowest BCUT2D eigenvalue weighted by Crippen LogP contribution is -2.32. The molecule has 1 heterocycles. The van der Waals surface area contributed by atoms with Gasteiger partial charge in [0.2, 0.25) is 5.91 Å². The lowest BCUT2D eigenvalue weighted by atomic mass is 10.0. The van der Waals surface area contributed by atoms with E-state index in [-0.39, 0.29) is 5.91 Å². The Morgan fingerprint density at radius 2 is 1.09 bits per heavy atom. The monoisotopic (exact) mass is 629 g/mol. The van der Waals surface area contributed by atoms with E-state index in [4.69, 9.17) is 0 Å². The molecule has 0 spiro atoms. The zero-order chi connectivity index (χ0) is 32.5. The number of carbonyl (C=O) groups is 1. The van der Waals surface area contributed by atoms with Crippen molar-refractivity contribution in [2.45, 2.75) is 194 Å². The van der Waals surface area contributed by atoms with Crippen LogP contribution >= 0.6 is 0 Å². The van der Waals surface area contributed by atoms with E-state index in [0.717, 1.165) is 25.9 Å². The average Bonchev–Trinajstić information content (AvgIpc) is 3.47. The van der Waals surface area contributed by atoms with Crippen LogP contribution in [0.1, 0.15) is 194 Å². The topological polar surface area (TPSA) is 44.1 Å². The first-order chi connectivity index (χ1) is 22.2. The minimum atomic E-state index is 0.0571. The molecule has 1 unspecified atom stereocenters. The molecule has 0 aromatic carbocycles. The number of likely N-dealkylation sites (N-methyl/N-ethyl adjacent to an activating group) is 1. The van der Waals surface area contributed by atoms with Crippen LogP contribution < -0.4 is 10.6 Å². The fourth-order valence-corrected chi connectivity index (χ4v) is 6.59. The molecule has 0 saturated carbocycles. The Labute approximate surface area is 281 Å². The van der Waals surface area contributed by atoms with Crippen molar-refractivity contribution in [3.8, 4) is 0 Å². The number of allylic oxidation sites excluding steroid dienone is 2. The van der Waals surface area contributed by atoms with E-state index in [9.17, 15) is 4.79 Å². The van der Waals surface area contributed by atoms with Crippen LogP contribution in [0.25, 0.3) is 0 Å². The number of nitrogens with one attached hydrogen (secondary N) is 2. The summed E-state index contributed by atoms with van der Waals surface area (Å²) in [6.07, 6.45) is 46.4. The Morgan fingerprint density at radius 1 is 0.667 bits per heavy atom. The summed E-state index contributed by atoms with van der Waals surface area (Å²) in [5.74, 6) is 1.72. The van der Waals surface area contributed by atoms with Gasteiger partial charge in [-0.1, -0.05) is 180 Å². The maximum atomic E-state index is 12.4. The van der Waals surface area contributed by atoms with Gasteiger partial charge in [-0.2, -0.15) is 0 Å². The molecular formula is C41H78N3O+.